The molecule has 1 aliphatic carbocycles. The van der Waals surface area contributed by atoms with Crippen molar-refractivity contribution in [3.8, 4) is 0 Å². The first-order valence-corrected chi connectivity index (χ1v) is 8.55. The van der Waals surface area contributed by atoms with Crippen LogP contribution in [0.25, 0.3) is 0 Å². The second kappa shape index (κ2) is 6.69. The zero-order valence-corrected chi connectivity index (χ0v) is 11.9. The van der Waals surface area contributed by atoms with Gasteiger partial charge in [0.05, 0.1) is 0 Å². The van der Waals surface area contributed by atoms with Gasteiger partial charge in [-0.1, -0.05) is 19.3 Å². The molecule has 0 bridgehead atoms. The quantitative estimate of drug-likeness (QED) is 0.752. The van der Waals surface area contributed by atoms with Gasteiger partial charge in [-0.05, 0) is 37.9 Å². The van der Waals surface area contributed by atoms with Crippen LogP contribution in [-0.2, 0) is 10.8 Å². The normalized spacial score (nSPS) is 30.8. The van der Waals surface area contributed by atoms with Crippen molar-refractivity contribution in [1.29, 1.82) is 0 Å². The summed E-state index contributed by atoms with van der Waals surface area (Å²) in [6.07, 6.45) is 8.48. The van der Waals surface area contributed by atoms with Gasteiger partial charge in [0.1, 0.15) is 0 Å². The molecule has 0 atom stereocenters. The number of rotatable bonds is 2. The summed E-state index contributed by atoms with van der Waals surface area (Å²) in [6.45, 7) is 0. The third kappa shape index (κ3) is 4.54. The second-order valence-electron chi connectivity index (χ2n) is 5.08. The maximum Gasteiger partial charge on any atom is 0.166 e. The molecule has 0 amide bonds. The summed E-state index contributed by atoms with van der Waals surface area (Å²) >= 11 is 5.35. The van der Waals surface area contributed by atoms with Crippen LogP contribution in [0.3, 0.4) is 0 Å². The second-order valence-corrected chi connectivity index (χ2v) is 7.18. The minimum Gasteiger partial charge on any atom is -0.360 e. The van der Waals surface area contributed by atoms with Crippen molar-refractivity contribution < 1.29 is 4.21 Å². The summed E-state index contributed by atoms with van der Waals surface area (Å²) in [5, 5.41) is 7.59. The fourth-order valence-corrected chi connectivity index (χ4v) is 4.23. The maximum absolute atomic E-state index is 11.2. The van der Waals surface area contributed by atoms with E-state index in [1.807, 2.05) is 0 Å². The van der Waals surface area contributed by atoms with E-state index in [9.17, 15) is 4.21 Å². The summed E-state index contributed by atoms with van der Waals surface area (Å²) in [4.78, 5) is 0. The third-order valence-electron chi connectivity index (χ3n) is 3.66. The summed E-state index contributed by atoms with van der Waals surface area (Å²) in [5.74, 6) is 1.65. The molecule has 0 aromatic heterocycles. The Morgan fingerprint density at radius 1 is 0.941 bits per heavy atom. The number of hydrogen-bond acceptors (Lipinski definition) is 2. The zero-order valence-electron chi connectivity index (χ0n) is 10.2. The van der Waals surface area contributed by atoms with Gasteiger partial charge in [-0.2, -0.15) is 0 Å². The molecular weight excluding hydrogens is 252 g/mol. The highest BCUT2D eigenvalue weighted by Crippen LogP contribution is 2.17. The molecule has 2 N–H and O–H groups in total. The van der Waals surface area contributed by atoms with Crippen LogP contribution in [0.2, 0.25) is 0 Å². The van der Waals surface area contributed by atoms with Crippen LogP contribution >= 0.6 is 12.2 Å². The van der Waals surface area contributed by atoms with E-state index < -0.39 is 10.8 Å². The monoisotopic (exact) mass is 274 g/mol. The minimum absolute atomic E-state index is 0.427. The summed E-state index contributed by atoms with van der Waals surface area (Å²) in [6, 6.07) is 0.998. The van der Waals surface area contributed by atoms with Crippen LogP contribution in [-0.4, -0.2) is 32.9 Å². The van der Waals surface area contributed by atoms with Gasteiger partial charge in [-0.15, -0.1) is 0 Å². The first-order chi connectivity index (χ1) is 8.24. The average molecular weight is 274 g/mol. The molecule has 2 fully saturated rings. The van der Waals surface area contributed by atoms with E-state index in [-0.39, 0.29) is 0 Å². The van der Waals surface area contributed by atoms with E-state index in [0.29, 0.717) is 12.1 Å². The Hall–Kier alpha value is -0.160. The van der Waals surface area contributed by atoms with Gasteiger partial charge in [0, 0.05) is 34.4 Å². The van der Waals surface area contributed by atoms with Crippen molar-refractivity contribution in [3.63, 3.8) is 0 Å². The SMILES string of the molecule is O=S1CCC(NC(=S)NC2CCCCC2)CC1. The Kier molecular flexibility index (Phi) is 5.22. The first-order valence-electron chi connectivity index (χ1n) is 6.66. The molecule has 0 radical (unpaired) electrons. The van der Waals surface area contributed by atoms with Gasteiger partial charge in [-0.3, -0.25) is 4.21 Å². The van der Waals surface area contributed by atoms with E-state index in [1.165, 1.54) is 32.1 Å². The third-order valence-corrected chi connectivity index (χ3v) is 5.28. The van der Waals surface area contributed by atoms with Gasteiger partial charge in [-0.25, -0.2) is 0 Å². The smallest absolute Gasteiger partial charge is 0.166 e. The minimum atomic E-state index is -0.586. The summed E-state index contributed by atoms with van der Waals surface area (Å²) in [5.41, 5.74) is 0. The largest absolute Gasteiger partial charge is 0.360 e. The van der Waals surface area contributed by atoms with Crippen molar-refractivity contribution in [2.24, 2.45) is 0 Å². The van der Waals surface area contributed by atoms with Crippen LogP contribution in [0.4, 0.5) is 0 Å². The van der Waals surface area contributed by atoms with Crippen LogP contribution in [0.5, 0.6) is 0 Å². The summed E-state index contributed by atoms with van der Waals surface area (Å²) in [7, 11) is -0.586. The lowest BCUT2D eigenvalue weighted by molar-refractivity contribution is 0.409. The van der Waals surface area contributed by atoms with Crippen molar-refractivity contribution in [3.05, 3.63) is 0 Å². The maximum atomic E-state index is 11.2. The fourth-order valence-electron chi connectivity index (χ4n) is 2.60. The fraction of sp³-hybridized carbons (Fsp3) is 0.917. The first kappa shape index (κ1) is 13.3. The number of nitrogens with one attached hydrogen (secondary N) is 2. The Balaban J connectivity index is 1.67. The molecular formula is C12H22N2OS2. The van der Waals surface area contributed by atoms with Gasteiger partial charge < -0.3 is 10.6 Å². The van der Waals surface area contributed by atoms with Crippen molar-refractivity contribution in [2.45, 2.75) is 57.0 Å². The molecule has 2 aliphatic rings. The van der Waals surface area contributed by atoms with Crippen LogP contribution in [0, 0.1) is 0 Å². The predicted molar refractivity (Wildman–Crippen MR) is 76.6 cm³/mol. The highest BCUT2D eigenvalue weighted by molar-refractivity contribution is 7.85. The van der Waals surface area contributed by atoms with Crippen molar-refractivity contribution in [1.82, 2.24) is 10.6 Å². The topological polar surface area (TPSA) is 41.1 Å². The van der Waals surface area contributed by atoms with Gasteiger partial charge in [0.25, 0.3) is 0 Å². The molecule has 17 heavy (non-hydrogen) atoms. The van der Waals surface area contributed by atoms with E-state index in [1.54, 1.807) is 0 Å². The Bertz CT molecular complexity index is 280. The highest BCUT2D eigenvalue weighted by atomic mass is 32.2. The van der Waals surface area contributed by atoms with E-state index in [4.69, 9.17) is 12.2 Å². The van der Waals surface area contributed by atoms with Gasteiger partial charge in [0.15, 0.2) is 5.11 Å². The molecule has 1 saturated carbocycles. The van der Waals surface area contributed by atoms with Gasteiger partial charge >= 0.3 is 0 Å². The van der Waals surface area contributed by atoms with E-state index in [0.717, 1.165) is 29.5 Å². The van der Waals surface area contributed by atoms with Crippen LogP contribution in [0.15, 0.2) is 0 Å². The lowest BCUT2D eigenvalue weighted by Crippen LogP contribution is -2.48. The molecule has 1 heterocycles. The molecule has 0 spiro atoms. The Labute approximate surface area is 112 Å². The van der Waals surface area contributed by atoms with Gasteiger partial charge in [0.2, 0.25) is 0 Å². The Morgan fingerprint density at radius 3 is 2.06 bits per heavy atom. The molecule has 1 saturated heterocycles. The molecule has 5 heteroatoms. The van der Waals surface area contributed by atoms with Crippen molar-refractivity contribution in [2.75, 3.05) is 11.5 Å². The lowest BCUT2D eigenvalue weighted by atomic mass is 9.96. The zero-order chi connectivity index (χ0) is 12.1. The van der Waals surface area contributed by atoms with E-state index in [2.05, 4.69) is 10.6 Å². The highest BCUT2D eigenvalue weighted by Gasteiger charge is 2.19. The lowest BCUT2D eigenvalue weighted by Gasteiger charge is -2.28. The number of thiocarbonyl (C=S) groups is 1. The Morgan fingerprint density at radius 2 is 1.47 bits per heavy atom. The molecule has 1 aliphatic heterocycles. The van der Waals surface area contributed by atoms with Crippen molar-refractivity contribution >= 4 is 28.1 Å². The van der Waals surface area contributed by atoms with E-state index >= 15 is 0 Å². The number of hydrogen-bond donors (Lipinski definition) is 2. The molecule has 2 rings (SSSR count). The van der Waals surface area contributed by atoms with Crippen LogP contribution in [0.1, 0.15) is 44.9 Å². The predicted octanol–water partition coefficient (Wildman–Crippen LogP) is 1.69. The standard InChI is InChI=1S/C12H22N2OS2/c15-17-8-6-11(7-9-17)14-12(16)13-10-4-2-1-3-5-10/h10-11H,1-9H2,(H2,13,14,16). The molecule has 0 aromatic rings. The summed E-state index contributed by atoms with van der Waals surface area (Å²) < 4.78 is 11.2. The molecule has 98 valence electrons. The molecule has 3 nitrogen and oxygen atoms in total. The average Bonchev–Trinajstić information content (AvgIpc) is 2.33. The molecule has 0 aromatic carbocycles. The van der Waals surface area contributed by atoms with Crippen LogP contribution < -0.4 is 10.6 Å². The molecule has 0 unspecified atom stereocenters.